The largest absolute Gasteiger partial charge is 0.107 e. The van der Waals surface area contributed by atoms with Crippen molar-refractivity contribution < 1.29 is 0 Å². The van der Waals surface area contributed by atoms with E-state index in [0.29, 0.717) is 5.92 Å². The SMILES string of the molecule is [B]C([B])C1CCCC(=C)C1. The van der Waals surface area contributed by atoms with E-state index in [0.717, 1.165) is 6.42 Å². The van der Waals surface area contributed by atoms with Crippen molar-refractivity contribution in [3.8, 4) is 0 Å². The molecule has 50 valence electrons. The molecule has 0 heterocycles. The van der Waals surface area contributed by atoms with E-state index in [4.69, 9.17) is 15.7 Å². The van der Waals surface area contributed by atoms with E-state index in [-0.39, 0.29) is 5.72 Å². The smallest absolute Gasteiger partial charge is 0.0579 e. The molecule has 10 heavy (non-hydrogen) atoms. The van der Waals surface area contributed by atoms with Crippen molar-refractivity contribution in [3.63, 3.8) is 0 Å². The molecule has 0 saturated heterocycles. The molecule has 2 heteroatoms. The summed E-state index contributed by atoms with van der Waals surface area (Å²) in [6.07, 6.45) is 4.60. The van der Waals surface area contributed by atoms with Gasteiger partial charge in [-0.1, -0.05) is 24.5 Å². The lowest BCUT2D eigenvalue weighted by Gasteiger charge is -2.27. The van der Waals surface area contributed by atoms with E-state index in [1.54, 1.807) is 0 Å². The summed E-state index contributed by atoms with van der Waals surface area (Å²) >= 11 is 0. The van der Waals surface area contributed by atoms with Crippen LogP contribution in [-0.2, 0) is 0 Å². The van der Waals surface area contributed by atoms with Gasteiger partial charge in [-0.15, -0.1) is 5.72 Å². The second kappa shape index (κ2) is 3.32. The topological polar surface area (TPSA) is 0 Å². The van der Waals surface area contributed by atoms with Crippen molar-refractivity contribution in [2.24, 2.45) is 5.92 Å². The second-order valence-corrected chi connectivity index (χ2v) is 3.18. The van der Waals surface area contributed by atoms with Crippen LogP contribution in [0.5, 0.6) is 0 Å². The molecule has 0 spiro atoms. The summed E-state index contributed by atoms with van der Waals surface area (Å²) in [5, 5.41) is 0. The molecule has 0 N–H and O–H groups in total. The Morgan fingerprint density at radius 1 is 1.50 bits per heavy atom. The van der Waals surface area contributed by atoms with E-state index in [9.17, 15) is 0 Å². The van der Waals surface area contributed by atoms with E-state index in [1.807, 2.05) is 0 Å². The summed E-state index contributed by atoms with van der Waals surface area (Å²) in [4.78, 5) is 0. The minimum atomic E-state index is -0.142. The van der Waals surface area contributed by atoms with Crippen molar-refractivity contribution in [1.82, 2.24) is 0 Å². The first-order chi connectivity index (χ1) is 4.70. The molecule has 0 bridgehead atoms. The maximum absolute atomic E-state index is 5.57. The van der Waals surface area contributed by atoms with Gasteiger partial charge in [-0.05, 0) is 19.3 Å². The summed E-state index contributed by atoms with van der Waals surface area (Å²) in [6, 6.07) is 0. The van der Waals surface area contributed by atoms with Gasteiger partial charge in [0.25, 0.3) is 0 Å². The third kappa shape index (κ3) is 1.93. The zero-order valence-electron chi connectivity index (χ0n) is 6.34. The van der Waals surface area contributed by atoms with E-state index in [2.05, 4.69) is 6.58 Å². The number of allylic oxidation sites excluding steroid dienone is 1. The van der Waals surface area contributed by atoms with Gasteiger partial charge in [0.2, 0.25) is 0 Å². The lowest BCUT2D eigenvalue weighted by molar-refractivity contribution is 0.439. The molecule has 1 unspecified atom stereocenters. The van der Waals surface area contributed by atoms with Crippen molar-refractivity contribution in [3.05, 3.63) is 12.2 Å². The molecule has 1 rings (SSSR count). The first-order valence-electron chi connectivity index (χ1n) is 3.88. The standard InChI is InChI=1S/C8H12B2/c1-6-3-2-4-7(5-6)8(9)10/h7-8H,1-5H2. The van der Waals surface area contributed by atoms with Crippen LogP contribution in [0.25, 0.3) is 0 Å². The Morgan fingerprint density at radius 3 is 2.60 bits per heavy atom. The van der Waals surface area contributed by atoms with Gasteiger partial charge in [-0.2, -0.15) is 0 Å². The van der Waals surface area contributed by atoms with Crippen LogP contribution in [0.1, 0.15) is 25.7 Å². The molecular weight excluding hydrogens is 118 g/mol. The van der Waals surface area contributed by atoms with E-state index in [1.165, 1.54) is 24.8 Å². The van der Waals surface area contributed by atoms with Gasteiger partial charge < -0.3 is 0 Å². The molecule has 1 aliphatic rings. The minimum absolute atomic E-state index is 0.142. The molecule has 1 saturated carbocycles. The van der Waals surface area contributed by atoms with Crippen LogP contribution in [0.2, 0.25) is 5.72 Å². The Labute approximate surface area is 65.9 Å². The Morgan fingerprint density at radius 2 is 2.20 bits per heavy atom. The zero-order valence-corrected chi connectivity index (χ0v) is 6.34. The minimum Gasteiger partial charge on any atom is -0.107 e. The summed E-state index contributed by atoms with van der Waals surface area (Å²) in [5.74, 6) is 0.487. The molecule has 0 aromatic rings. The van der Waals surface area contributed by atoms with Crippen LogP contribution >= 0.6 is 0 Å². The number of rotatable bonds is 1. The Kier molecular flexibility index (Phi) is 2.64. The van der Waals surface area contributed by atoms with Gasteiger partial charge in [-0.3, -0.25) is 0 Å². The van der Waals surface area contributed by atoms with E-state index >= 15 is 0 Å². The summed E-state index contributed by atoms with van der Waals surface area (Å²) < 4.78 is 0. The van der Waals surface area contributed by atoms with Gasteiger partial charge in [0.1, 0.15) is 0 Å². The Balaban J connectivity index is 2.39. The van der Waals surface area contributed by atoms with Crippen LogP contribution < -0.4 is 0 Å². The van der Waals surface area contributed by atoms with Gasteiger partial charge in [0.05, 0.1) is 15.7 Å². The van der Waals surface area contributed by atoms with Gasteiger partial charge in [-0.25, -0.2) is 0 Å². The fraction of sp³-hybridized carbons (Fsp3) is 0.750. The fourth-order valence-corrected chi connectivity index (χ4v) is 1.52. The molecule has 0 amide bonds. The number of hydrogen-bond acceptors (Lipinski definition) is 0. The fourth-order valence-electron chi connectivity index (χ4n) is 1.52. The predicted octanol–water partition coefficient (Wildman–Crippen LogP) is 1.82. The maximum atomic E-state index is 5.57. The van der Waals surface area contributed by atoms with Gasteiger partial charge >= 0.3 is 0 Å². The van der Waals surface area contributed by atoms with E-state index < -0.39 is 0 Å². The maximum Gasteiger partial charge on any atom is 0.0579 e. The van der Waals surface area contributed by atoms with Crippen LogP contribution in [0.3, 0.4) is 0 Å². The lowest BCUT2D eigenvalue weighted by atomic mass is 9.59. The van der Waals surface area contributed by atoms with Crippen molar-refractivity contribution in [2.75, 3.05) is 0 Å². The zero-order chi connectivity index (χ0) is 7.56. The average molecular weight is 130 g/mol. The predicted molar refractivity (Wildman–Crippen MR) is 46.4 cm³/mol. The summed E-state index contributed by atoms with van der Waals surface area (Å²) in [6.45, 7) is 3.94. The van der Waals surface area contributed by atoms with Crippen molar-refractivity contribution >= 4 is 15.7 Å². The first kappa shape index (κ1) is 7.97. The molecule has 0 aliphatic heterocycles. The third-order valence-electron chi connectivity index (χ3n) is 2.20. The average Bonchev–Trinajstić information content (AvgIpc) is 1.88. The lowest BCUT2D eigenvalue weighted by Crippen LogP contribution is -2.14. The molecular formula is C8H12B2. The first-order valence-corrected chi connectivity index (χ1v) is 3.88. The highest BCUT2D eigenvalue weighted by atomic mass is 14.2. The summed E-state index contributed by atoms with van der Waals surface area (Å²) in [5.41, 5.74) is 1.18. The molecule has 0 aromatic carbocycles. The van der Waals surface area contributed by atoms with Crippen LogP contribution in [0.4, 0.5) is 0 Å². The van der Waals surface area contributed by atoms with Crippen LogP contribution in [0.15, 0.2) is 12.2 Å². The molecule has 4 radical (unpaired) electrons. The van der Waals surface area contributed by atoms with Crippen molar-refractivity contribution in [1.29, 1.82) is 0 Å². The van der Waals surface area contributed by atoms with Gasteiger partial charge in [0, 0.05) is 0 Å². The van der Waals surface area contributed by atoms with Crippen LogP contribution in [0, 0.1) is 5.92 Å². The normalized spacial score (nSPS) is 27.3. The van der Waals surface area contributed by atoms with Crippen LogP contribution in [-0.4, -0.2) is 15.7 Å². The Bertz CT molecular complexity index is 129. The quantitative estimate of drug-likeness (QED) is 0.375. The highest BCUT2D eigenvalue weighted by Gasteiger charge is 2.17. The molecule has 1 fully saturated rings. The highest BCUT2D eigenvalue weighted by Crippen LogP contribution is 2.32. The molecule has 0 nitrogen and oxygen atoms in total. The molecule has 1 aliphatic carbocycles. The monoisotopic (exact) mass is 130 g/mol. The Hall–Kier alpha value is -0.130. The molecule has 1 atom stereocenters. The second-order valence-electron chi connectivity index (χ2n) is 3.18. The van der Waals surface area contributed by atoms with Gasteiger partial charge in [0.15, 0.2) is 0 Å². The number of hydrogen-bond donors (Lipinski definition) is 0. The summed E-state index contributed by atoms with van der Waals surface area (Å²) in [7, 11) is 11.1. The third-order valence-corrected chi connectivity index (χ3v) is 2.20. The molecule has 0 aromatic heterocycles. The highest BCUT2D eigenvalue weighted by molar-refractivity contribution is 6.35. The van der Waals surface area contributed by atoms with Crippen molar-refractivity contribution in [2.45, 2.75) is 31.4 Å².